The van der Waals surface area contributed by atoms with Crippen molar-refractivity contribution >= 4 is 23.0 Å². The molecule has 0 amide bonds. The van der Waals surface area contributed by atoms with E-state index in [1.807, 2.05) is 62.0 Å². The summed E-state index contributed by atoms with van der Waals surface area (Å²) in [4.78, 5) is 2.02. The normalized spacial score (nSPS) is 12.3. The largest absolute Gasteiger partial charge is 0.377 e. The lowest BCUT2D eigenvalue weighted by Gasteiger charge is -2.23. The lowest BCUT2D eigenvalue weighted by molar-refractivity contribution is 0.756. The maximum atomic E-state index is 6.29. The molecule has 0 saturated carbocycles. The van der Waals surface area contributed by atoms with E-state index in [1.165, 1.54) is 5.56 Å². The van der Waals surface area contributed by atoms with Crippen molar-refractivity contribution < 1.29 is 0 Å². The number of halogens is 1. The predicted octanol–water partition coefficient (Wildman–Crippen LogP) is 3.62. The molecule has 1 heterocycles. The van der Waals surface area contributed by atoms with E-state index in [0.29, 0.717) is 0 Å². The van der Waals surface area contributed by atoms with E-state index >= 15 is 0 Å². The smallest absolute Gasteiger partial charge is 0.0786 e. The molecule has 1 aromatic heterocycles. The molecule has 0 aliphatic rings. The molecule has 2 rings (SSSR count). The molecular weight excluding hydrogens is 272 g/mol. The number of benzene rings is 1. The predicted molar refractivity (Wildman–Crippen MR) is 85.8 cm³/mol. The third-order valence-electron chi connectivity index (χ3n) is 3.32. The van der Waals surface area contributed by atoms with E-state index in [9.17, 15) is 0 Å². The molecular formula is C15H21ClN4. The Morgan fingerprint density at radius 2 is 2.05 bits per heavy atom. The van der Waals surface area contributed by atoms with Gasteiger partial charge in [0, 0.05) is 32.9 Å². The number of hydrogen-bond acceptors (Lipinski definition) is 3. The summed E-state index contributed by atoms with van der Waals surface area (Å²) >= 11 is 6.29. The number of hydrogen-bond donors (Lipinski definition) is 1. The van der Waals surface area contributed by atoms with Gasteiger partial charge in [0.1, 0.15) is 0 Å². The van der Waals surface area contributed by atoms with E-state index in [2.05, 4.69) is 17.3 Å². The van der Waals surface area contributed by atoms with Crippen LogP contribution in [0.4, 0.5) is 11.4 Å². The van der Waals surface area contributed by atoms with E-state index in [-0.39, 0.29) is 6.04 Å². The Balaban J connectivity index is 2.30. The maximum absolute atomic E-state index is 6.29. The molecule has 0 bridgehead atoms. The standard InChI is InChI=1S/C15H21ClN4/c1-10(12-9-20(5)18-11(12)2)17-14-8-6-7-13(16)15(14)19(3)4/h6-10,17H,1-5H3. The quantitative estimate of drug-likeness (QED) is 0.934. The van der Waals surface area contributed by atoms with Gasteiger partial charge in [-0.05, 0) is 26.0 Å². The van der Waals surface area contributed by atoms with Crippen molar-refractivity contribution in [3.63, 3.8) is 0 Å². The van der Waals surface area contributed by atoms with Gasteiger partial charge in [0.25, 0.3) is 0 Å². The summed E-state index contributed by atoms with van der Waals surface area (Å²) in [5, 5.41) is 8.66. The monoisotopic (exact) mass is 292 g/mol. The fourth-order valence-corrected chi connectivity index (χ4v) is 2.78. The fraction of sp³-hybridized carbons (Fsp3) is 0.400. The molecule has 1 aromatic carbocycles. The molecule has 0 spiro atoms. The van der Waals surface area contributed by atoms with Crippen molar-refractivity contribution in [2.45, 2.75) is 19.9 Å². The van der Waals surface area contributed by atoms with Crippen LogP contribution in [0, 0.1) is 6.92 Å². The molecule has 2 aromatic rings. The average Bonchev–Trinajstić information content (AvgIpc) is 2.68. The second-order valence-corrected chi connectivity index (χ2v) is 5.65. The highest BCUT2D eigenvalue weighted by Gasteiger charge is 2.15. The van der Waals surface area contributed by atoms with Crippen molar-refractivity contribution in [1.29, 1.82) is 0 Å². The maximum Gasteiger partial charge on any atom is 0.0786 e. The van der Waals surface area contributed by atoms with E-state index in [4.69, 9.17) is 11.6 Å². The average molecular weight is 293 g/mol. The van der Waals surface area contributed by atoms with Crippen LogP contribution in [-0.4, -0.2) is 23.9 Å². The number of para-hydroxylation sites is 1. The SMILES string of the molecule is Cc1nn(C)cc1C(C)Nc1cccc(Cl)c1N(C)C. The van der Waals surface area contributed by atoms with Gasteiger partial charge in [-0.15, -0.1) is 0 Å². The van der Waals surface area contributed by atoms with Gasteiger partial charge in [-0.1, -0.05) is 17.7 Å². The van der Waals surface area contributed by atoms with Gasteiger partial charge in [0.15, 0.2) is 0 Å². The third-order valence-corrected chi connectivity index (χ3v) is 3.63. The number of nitrogens with zero attached hydrogens (tertiary/aromatic N) is 3. The van der Waals surface area contributed by atoms with Crippen molar-refractivity contribution in [3.05, 3.63) is 40.7 Å². The first kappa shape index (κ1) is 14.7. The van der Waals surface area contributed by atoms with Crippen LogP contribution in [-0.2, 0) is 7.05 Å². The Morgan fingerprint density at radius 3 is 2.60 bits per heavy atom. The van der Waals surface area contributed by atoms with Gasteiger partial charge < -0.3 is 10.2 Å². The zero-order chi connectivity index (χ0) is 14.9. The highest BCUT2D eigenvalue weighted by atomic mass is 35.5. The first-order valence-corrected chi connectivity index (χ1v) is 7.00. The Hall–Kier alpha value is -1.68. The van der Waals surface area contributed by atoms with Gasteiger partial charge >= 0.3 is 0 Å². The topological polar surface area (TPSA) is 33.1 Å². The van der Waals surface area contributed by atoms with Crippen molar-refractivity contribution in [2.24, 2.45) is 7.05 Å². The van der Waals surface area contributed by atoms with Crippen LogP contribution < -0.4 is 10.2 Å². The molecule has 5 heteroatoms. The Morgan fingerprint density at radius 1 is 1.35 bits per heavy atom. The van der Waals surface area contributed by atoms with Gasteiger partial charge in [-0.25, -0.2) is 0 Å². The first-order valence-electron chi connectivity index (χ1n) is 6.62. The van der Waals surface area contributed by atoms with E-state index in [1.54, 1.807) is 0 Å². The van der Waals surface area contributed by atoms with Gasteiger partial charge in [-0.2, -0.15) is 5.10 Å². The van der Waals surface area contributed by atoms with Gasteiger partial charge in [0.05, 0.1) is 28.1 Å². The third kappa shape index (κ3) is 2.90. The molecule has 20 heavy (non-hydrogen) atoms. The summed E-state index contributed by atoms with van der Waals surface area (Å²) in [6, 6.07) is 6.08. The minimum Gasteiger partial charge on any atom is -0.377 e. The molecule has 0 aliphatic carbocycles. The summed E-state index contributed by atoms with van der Waals surface area (Å²) in [5.74, 6) is 0. The molecule has 1 N–H and O–H groups in total. The highest BCUT2D eigenvalue weighted by Crippen LogP contribution is 2.34. The Kier molecular flexibility index (Phi) is 4.23. The van der Waals surface area contributed by atoms with Crippen molar-refractivity contribution in [3.8, 4) is 0 Å². The fourth-order valence-electron chi connectivity index (χ4n) is 2.44. The molecule has 0 saturated heterocycles. The van der Waals surface area contributed by atoms with Crippen molar-refractivity contribution in [2.75, 3.05) is 24.3 Å². The van der Waals surface area contributed by atoms with Crippen LogP contribution in [0.3, 0.4) is 0 Å². The first-order chi connectivity index (χ1) is 9.40. The second-order valence-electron chi connectivity index (χ2n) is 5.24. The summed E-state index contributed by atoms with van der Waals surface area (Å²) < 4.78 is 1.84. The number of aryl methyl sites for hydroxylation is 2. The summed E-state index contributed by atoms with van der Waals surface area (Å²) in [7, 11) is 5.92. The summed E-state index contributed by atoms with van der Waals surface area (Å²) in [5.41, 5.74) is 4.26. The van der Waals surface area contributed by atoms with Gasteiger partial charge in [0.2, 0.25) is 0 Å². The molecule has 4 nitrogen and oxygen atoms in total. The van der Waals surface area contributed by atoms with Crippen LogP contribution in [0.15, 0.2) is 24.4 Å². The van der Waals surface area contributed by atoms with Crippen LogP contribution in [0.2, 0.25) is 5.02 Å². The summed E-state index contributed by atoms with van der Waals surface area (Å²) in [6.07, 6.45) is 2.05. The van der Waals surface area contributed by atoms with Crippen LogP contribution in [0.5, 0.6) is 0 Å². The molecule has 1 unspecified atom stereocenters. The van der Waals surface area contributed by atoms with Crippen molar-refractivity contribution in [1.82, 2.24) is 9.78 Å². The second kappa shape index (κ2) is 5.75. The number of nitrogens with one attached hydrogen (secondary N) is 1. The van der Waals surface area contributed by atoms with Gasteiger partial charge in [-0.3, -0.25) is 4.68 Å². The van der Waals surface area contributed by atoms with E-state index < -0.39 is 0 Å². The molecule has 0 radical (unpaired) electrons. The van der Waals surface area contributed by atoms with Crippen LogP contribution in [0.25, 0.3) is 0 Å². The minimum atomic E-state index is 0.167. The zero-order valence-electron chi connectivity index (χ0n) is 12.6. The molecule has 1 atom stereocenters. The lowest BCUT2D eigenvalue weighted by atomic mass is 10.1. The Bertz CT molecular complexity index is 604. The molecule has 0 aliphatic heterocycles. The Labute approximate surface area is 125 Å². The molecule has 0 fully saturated rings. The van der Waals surface area contributed by atoms with Crippen LogP contribution in [0.1, 0.15) is 24.2 Å². The molecule has 108 valence electrons. The highest BCUT2D eigenvalue weighted by molar-refractivity contribution is 6.34. The van der Waals surface area contributed by atoms with Crippen LogP contribution >= 0.6 is 11.6 Å². The summed E-state index contributed by atoms with van der Waals surface area (Å²) in [6.45, 7) is 4.16. The lowest BCUT2D eigenvalue weighted by Crippen LogP contribution is -2.14. The number of rotatable bonds is 4. The minimum absolute atomic E-state index is 0.167. The number of anilines is 2. The zero-order valence-corrected chi connectivity index (χ0v) is 13.4. The van der Waals surface area contributed by atoms with E-state index in [0.717, 1.165) is 22.1 Å². The number of aromatic nitrogens is 2.